The summed E-state index contributed by atoms with van der Waals surface area (Å²) in [6.07, 6.45) is 1.74. The van der Waals surface area contributed by atoms with Gasteiger partial charge in [-0.05, 0) is 12.1 Å². The van der Waals surface area contributed by atoms with Gasteiger partial charge in [0.25, 0.3) is 0 Å². The Hall–Kier alpha value is -1.38. The van der Waals surface area contributed by atoms with Crippen LogP contribution in [0.2, 0.25) is 0 Å². The molecule has 1 aliphatic rings. The van der Waals surface area contributed by atoms with Gasteiger partial charge < -0.3 is 4.90 Å². The molecule has 1 aromatic heterocycles. The van der Waals surface area contributed by atoms with E-state index in [2.05, 4.69) is 9.88 Å². The third-order valence-corrected chi connectivity index (χ3v) is 2.19. The van der Waals surface area contributed by atoms with Gasteiger partial charge in [-0.3, -0.25) is 4.79 Å². The molecule has 0 unspecified atom stereocenters. The van der Waals surface area contributed by atoms with Crippen LogP contribution in [0.4, 0.5) is 5.69 Å². The van der Waals surface area contributed by atoms with Crippen LogP contribution in [-0.4, -0.2) is 24.9 Å². The lowest BCUT2D eigenvalue weighted by molar-refractivity contribution is 0.111. The molecule has 0 fully saturated rings. The SMILES string of the molecule is CN1CCc2nc(C=O)ccc21. The van der Waals surface area contributed by atoms with E-state index in [0.717, 1.165) is 30.6 Å². The molecule has 0 saturated carbocycles. The predicted molar refractivity (Wildman–Crippen MR) is 46.6 cm³/mol. The first-order chi connectivity index (χ1) is 5.81. The number of pyridine rings is 1. The lowest BCUT2D eigenvalue weighted by Crippen LogP contribution is -2.12. The van der Waals surface area contributed by atoms with Gasteiger partial charge in [-0.2, -0.15) is 0 Å². The van der Waals surface area contributed by atoms with E-state index >= 15 is 0 Å². The molecule has 3 nitrogen and oxygen atoms in total. The molecule has 2 heterocycles. The fourth-order valence-corrected chi connectivity index (χ4v) is 1.50. The monoisotopic (exact) mass is 162 g/mol. The van der Waals surface area contributed by atoms with Crippen molar-refractivity contribution < 1.29 is 4.79 Å². The van der Waals surface area contributed by atoms with Crippen molar-refractivity contribution in [3.63, 3.8) is 0 Å². The third kappa shape index (κ3) is 0.978. The Bertz CT molecular complexity index is 322. The highest BCUT2D eigenvalue weighted by Gasteiger charge is 2.16. The van der Waals surface area contributed by atoms with Crippen LogP contribution < -0.4 is 4.90 Å². The second-order valence-electron chi connectivity index (χ2n) is 2.99. The Morgan fingerprint density at radius 2 is 2.42 bits per heavy atom. The molecule has 0 aliphatic carbocycles. The first-order valence-corrected chi connectivity index (χ1v) is 3.97. The lowest BCUT2D eigenvalue weighted by atomic mass is 10.2. The van der Waals surface area contributed by atoms with Gasteiger partial charge in [0.05, 0.1) is 11.4 Å². The highest BCUT2D eigenvalue weighted by Crippen LogP contribution is 2.24. The number of aldehydes is 1. The summed E-state index contributed by atoms with van der Waals surface area (Å²) in [5, 5.41) is 0. The summed E-state index contributed by atoms with van der Waals surface area (Å²) >= 11 is 0. The summed E-state index contributed by atoms with van der Waals surface area (Å²) < 4.78 is 0. The molecular weight excluding hydrogens is 152 g/mol. The average molecular weight is 162 g/mol. The van der Waals surface area contributed by atoms with Crippen LogP contribution in [0.15, 0.2) is 12.1 Å². The molecule has 1 aliphatic heterocycles. The van der Waals surface area contributed by atoms with E-state index in [9.17, 15) is 4.79 Å². The van der Waals surface area contributed by atoms with E-state index in [1.165, 1.54) is 0 Å². The molecule has 3 heteroatoms. The Balaban J connectivity index is 2.48. The summed E-state index contributed by atoms with van der Waals surface area (Å²) in [5.41, 5.74) is 2.73. The zero-order valence-electron chi connectivity index (χ0n) is 6.95. The number of nitrogens with zero attached hydrogens (tertiary/aromatic N) is 2. The van der Waals surface area contributed by atoms with Crippen molar-refractivity contribution in [2.24, 2.45) is 0 Å². The van der Waals surface area contributed by atoms with Gasteiger partial charge in [-0.15, -0.1) is 0 Å². The fourth-order valence-electron chi connectivity index (χ4n) is 1.50. The first kappa shape index (κ1) is 7.28. The number of rotatable bonds is 1. The van der Waals surface area contributed by atoms with E-state index in [1.807, 2.05) is 13.1 Å². The molecule has 12 heavy (non-hydrogen) atoms. The number of anilines is 1. The smallest absolute Gasteiger partial charge is 0.168 e. The number of likely N-dealkylation sites (N-methyl/N-ethyl adjacent to an activating group) is 1. The molecule has 62 valence electrons. The number of hydrogen-bond acceptors (Lipinski definition) is 3. The normalized spacial score (nSPS) is 14.6. The van der Waals surface area contributed by atoms with Gasteiger partial charge in [-0.1, -0.05) is 0 Å². The topological polar surface area (TPSA) is 33.2 Å². The number of aromatic nitrogens is 1. The van der Waals surface area contributed by atoms with Gasteiger partial charge in [0.15, 0.2) is 6.29 Å². The molecule has 0 spiro atoms. The van der Waals surface area contributed by atoms with E-state index in [1.54, 1.807) is 6.07 Å². The zero-order chi connectivity index (χ0) is 8.55. The molecule has 0 bridgehead atoms. The highest BCUT2D eigenvalue weighted by atomic mass is 16.1. The fraction of sp³-hybridized carbons (Fsp3) is 0.333. The second-order valence-corrected chi connectivity index (χ2v) is 2.99. The van der Waals surface area contributed by atoms with Crippen molar-refractivity contribution in [1.29, 1.82) is 0 Å². The Morgan fingerprint density at radius 3 is 3.17 bits per heavy atom. The minimum Gasteiger partial charge on any atom is -0.373 e. The summed E-state index contributed by atoms with van der Waals surface area (Å²) in [6.45, 7) is 1.00. The molecule has 0 atom stereocenters. The molecule has 0 saturated heterocycles. The maximum Gasteiger partial charge on any atom is 0.168 e. The molecular formula is C9H10N2O. The molecule has 0 radical (unpaired) electrons. The van der Waals surface area contributed by atoms with Gasteiger partial charge in [0.1, 0.15) is 5.69 Å². The summed E-state index contributed by atoms with van der Waals surface area (Å²) in [5.74, 6) is 0. The molecule has 0 N–H and O–H groups in total. The zero-order valence-corrected chi connectivity index (χ0v) is 6.95. The number of carbonyl (C=O) groups excluding carboxylic acids is 1. The predicted octanol–water partition coefficient (Wildman–Crippen LogP) is 0.886. The van der Waals surface area contributed by atoms with E-state index in [-0.39, 0.29) is 0 Å². The molecule has 2 rings (SSSR count). The van der Waals surface area contributed by atoms with Crippen LogP contribution in [-0.2, 0) is 6.42 Å². The van der Waals surface area contributed by atoms with Crippen LogP contribution in [0.25, 0.3) is 0 Å². The van der Waals surface area contributed by atoms with Crippen LogP contribution >= 0.6 is 0 Å². The Labute approximate surface area is 71.0 Å². The summed E-state index contributed by atoms with van der Waals surface area (Å²) in [4.78, 5) is 16.8. The summed E-state index contributed by atoms with van der Waals surface area (Å²) in [7, 11) is 2.04. The molecule has 0 amide bonds. The van der Waals surface area contributed by atoms with Crippen LogP contribution in [0.1, 0.15) is 16.2 Å². The van der Waals surface area contributed by atoms with Gasteiger partial charge in [0.2, 0.25) is 0 Å². The number of fused-ring (bicyclic) bond motifs is 1. The molecule has 1 aromatic rings. The minimum absolute atomic E-state index is 0.532. The van der Waals surface area contributed by atoms with Crippen molar-refractivity contribution >= 4 is 12.0 Å². The first-order valence-electron chi connectivity index (χ1n) is 3.97. The Morgan fingerprint density at radius 1 is 1.58 bits per heavy atom. The second kappa shape index (κ2) is 2.59. The maximum absolute atomic E-state index is 10.4. The molecule has 0 aromatic carbocycles. The average Bonchev–Trinajstić information content (AvgIpc) is 2.47. The van der Waals surface area contributed by atoms with Crippen LogP contribution in [0.3, 0.4) is 0 Å². The Kier molecular flexibility index (Phi) is 1.57. The van der Waals surface area contributed by atoms with Crippen molar-refractivity contribution in [3.8, 4) is 0 Å². The van der Waals surface area contributed by atoms with Crippen molar-refractivity contribution in [3.05, 3.63) is 23.5 Å². The lowest BCUT2D eigenvalue weighted by Gasteiger charge is -2.10. The van der Waals surface area contributed by atoms with E-state index in [0.29, 0.717) is 5.69 Å². The largest absolute Gasteiger partial charge is 0.373 e. The minimum atomic E-state index is 0.532. The highest BCUT2D eigenvalue weighted by molar-refractivity contribution is 5.73. The standard InChI is InChI=1S/C9H10N2O/c1-11-5-4-8-9(11)3-2-7(6-12)10-8/h2-3,6H,4-5H2,1H3. The number of hydrogen-bond donors (Lipinski definition) is 0. The number of carbonyl (C=O) groups is 1. The summed E-state index contributed by atoms with van der Waals surface area (Å²) in [6, 6.07) is 3.72. The van der Waals surface area contributed by atoms with Crippen LogP contribution in [0.5, 0.6) is 0 Å². The van der Waals surface area contributed by atoms with Gasteiger partial charge in [0, 0.05) is 20.0 Å². The third-order valence-electron chi connectivity index (χ3n) is 2.19. The van der Waals surface area contributed by atoms with Crippen molar-refractivity contribution in [1.82, 2.24) is 4.98 Å². The van der Waals surface area contributed by atoms with Crippen LogP contribution in [0, 0.1) is 0 Å². The van der Waals surface area contributed by atoms with Gasteiger partial charge >= 0.3 is 0 Å². The maximum atomic E-state index is 10.4. The van der Waals surface area contributed by atoms with E-state index in [4.69, 9.17) is 0 Å². The van der Waals surface area contributed by atoms with E-state index < -0.39 is 0 Å². The quantitative estimate of drug-likeness (QED) is 0.575. The van der Waals surface area contributed by atoms with Crippen molar-refractivity contribution in [2.75, 3.05) is 18.5 Å². The van der Waals surface area contributed by atoms with Gasteiger partial charge in [-0.25, -0.2) is 4.98 Å². The van der Waals surface area contributed by atoms with Crippen molar-refractivity contribution in [2.45, 2.75) is 6.42 Å².